The van der Waals surface area contributed by atoms with Gasteiger partial charge in [0.15, 0.2) is 5.75 Å². The summed E-state index contributed by atoms with van der Waals surface area (Å²) in [7, 11) is 1.41. The molecule has 0 unspecified atom stereocenters. The van der Waals surface area contributed by atoms with Gasteiger partial charge in [0.25, 0.3) is 0 Å². The molecule has 9 heteroatoms. The minimum absolute atomic E-state index is 0.0231. The number of hydrogen-bond donors (Lipinski definition) is 2. The van der Waals surface area contributed by atoms with Gasteiger partial charge in [-0.15, -0.1) is 11.8 Å². The van der Waals surface area contributed by atoms with Crippen molar-refractivity contribution in [3.8, 4) is 5.75 Å². The Morgan fingerprint density at radius 3 is 2.42 bits per heavy atom. The van der Waals surface area contributed by atoms with Crippen LogP contribution in [0.5, 0.6) is 5.75 Å². The highest BCUT2D eigenvalue weighted by atomic mass is 35.5. The van der Waals surface area contributed by atoms with E-state index in [-0.39, 0.29) is 23.6 Å². The molecule has 1 aromatic heterocycles. The van der Waals surface area contributed by atoms with Crippen LogP contribution in [0.2, 0.25) is 5.02 Å². The van der Waals surface area contributed by atoms with Crippen LogP contribution in [-0.4, -0.2) is 23.5 Å². The molecule has 0 radical (unpaired) electrons. The van der Waals surface area contributed by atoms with E-state index in [9.17, 15) is 14.4 Å². The molecule has 0 aliphatic heterocycles. The van der Waals surface area contributed by atoms with Gasteiger partial charge in [0, 0.05) is 38.7 Å². The number of anilines is 1. The zero-order valence-electron chi connectivity index (χ0n) is 16.6. The summed E-state index contributed by atoms with van der Waals surface area (Å²) in [5.41, 5.74) is 6.52. The fraction of sp³-hybridized carbons (Fsp3) is 0.136. The zero-order chi connectivity index (χ0) is 22.4. The smallest absolute Gasteiger partial charge is 0.248 e. The summed E-state index contributed by atoms with van der Waals surface area (Å²) in [6.45, 7) is -0.0231. The zero-order valence-corrected chi connectivity index (χ0v) is 18.2. The van der Waals surface area contributed by atoms with E-state index in [0.29, 0.717) is 27.7 Å². The van der Waals surface area contributed by atoms with E-state index in [4.69, 9.17) is 22.1 Å². The largest absolute Gasteiger partial charge is 0.491 e. The molecule has 160 valence electrons. The molecule has 0 atom stereocenters. The number of amides is 2. The molecule has 0 bridgehead atoms. The molecule has 3 aromatic rings. The van der Waals surface area contributed by atoms with Crippen molar-refractivity contribution < 1.29 is 14.3 Å². The van der Waals surface area contributed by atoms with Crippen LogP contribution in [0.15, 0.2) is 70.5 Å². The molecule has 3 N–H and O–H groups in total. The molecule has 3 rings (SSSR count). The van der Waals surface area contributed by atoms with E-state index in [1.165, 1.54) is 43.3 Å². The standard InChI is InChI=1S/C22H20ClN3O4S/c1-30-20-11-26(12-21(28)25-16-6-2-14(3-7-16)22(24)29)17(10-19(20)27)13-31-18-8-4-15(23)5-9-18/h2-11H,12-13H2,1H3,(H2,24,29)(H,25,28). The van der Waals surface area contributed by atoms with Crippen molar-refractivity contribution in [2.45, 2.75) is 17.2 Å². The molecule has 0 saturated carbocycles. The molecular formula is C22H20ClN3O4S. The maximum Gasteiger partial charge on any atom is 0.248 e. The number of halogens is 1. The van der Waals surface area contributed by atoms with Crippen LogP contribution in [0.25, 0.3) is 0 Å². The predicted molar refractivity (Wildman–Crippen MR) is 122 cm³/mol. The monoisotopic (exact) mass is 457 g/mol. The van der Waals surface area contributed by atoms with E-state index in [2.05, 4.69) is 5.32 Å². The molecular weight excluding hydrogens is 438 g/mol. The van der Waals surface area contributed by atoms with Crippen molar-refractivity contribution in [1.29, 1.82) is 0 Å². The number of methoxy groups -OCH3 is 1. The Morgan fingerprint density at radius 2 is 1.81 bits per heavy atom. The summed E-state index contributed by atoms with van der Waals surface area (Å²) in [5.74, 6) is -0.211. The Hall–Kier alpha value is -3.23. The summed E-state index contributed by atoms with van der Waals surface area (Å²) in [4.78, 5) is 37.0. The minimum Gasteiger partial charge on any atom is -0.491 e. The van der Waals surface area contributed by atoms with Gasteiger partial charge in [-0.05, 0) is 48.5 Å². The molecule has 7 nitrogen and oxygen atoms in total. The Bertz CT molecular complexity index is 1140. The maximum atomic E-state index is 12.6. The van der Waals surface area contributed by atoms with Crippen molar-refractivity contribution in [2.24, 2.45) is 5.73 Å². The topological polar surface area (TPSA) is 103 Å². The van der Waals surface area contributed by atoms with E-state index >= 15 is 0 Å². The number of nitrogens with one attached hydrogen (secondary N) is 1. The second-order valence-corrected chi connectivity index (χ2v) is 8.04. The van der Waals surface area contributed by atoms with Gasteiger partial charge < -0.3 is 20.4 Å². The molecule has 0 spiro atoms. The summed E-state index contributed by atoms with van der Waals surface area (Å²) in [6.07, 6.45) is 1.52. The fourth-order valence-corrected chi connectivity index (χ4v) is 3.80. The van der Waals surface area contributed by atoms with Crippen molar-refractivity contribution >= 4 is 40.9 Å². The number of thioether (sulfide) groups is 1. The molecule has 2 aromatic carbocycles. The first-order chi connectivity index (χ1) is 14.9. The van der Waals surface area contributed by atoms with Crippen LogP contribution < -0.4 is 21.2 Å². The van der Waals surface area contributed by atoms with Gasteiger partial charge in [0.05, 0.1) is 13.3 Å². The number of pyridine rings is 1. The second-order valence-electron chi connectivity index (χ2n) is 6.56. The number of primary amides is 1. The van der Waals surface area contributed by atoms with E-state index in [0.717, 1.165) is 4.90 Å². The number of ether oxygens (including phenoxy) is 1. The van der Waals surface area contributed by atoms with Crippen molar-refractivity contribution in [3.63, 3.8) is 0 Å². The van der Waals surface area contributed by atoms with Gasteiger partial charge in [0.1, 0.15) is 6.54 Å². The first-order valence-corrected chi connectivity index (χ1v) is 10.6. The minimum atomic E-state index is -0.541. The van der Waals surface area contributed by atoms with E-state index in [1.54, 1.807) is 28.8 Å². The average molecular weight is 458 g/mol. The lowest BCUT2D eigenvalue weighted by Crippen LogP contribution is -2.22. The van der Waals surface area contributed by atoms with Crippen molar-refractivity contribution in [3.05, 3.63) is 87.3 Å². The lowest BCUT2D eigenvalue weighted by atomic mass is 10.2. The van der Waals surface area contributed by atoms with Gasteiger partial charge in [-0.25, -0.2) is 0 Å². The highest BCUT2D eigenvalue weighted by Gasteiger charge is 2.12. The van der Waals surface area contributed by atoms with Crippen molar-refractivity contribution in [2.75, 3.05) is 12.4 Å². The van der Waals surface area contributed by atoms with Crippen LogP contribution in [0.4, 0.5) is 5.69 Å². The first-order valence-electron chi connectivity index (χ1n) is 9.21. The van der Waals surface area contributed by atoms with Crippen LogP contribution in [0, 0.1) is 0 Å². The van der Waals surface area contributed by atoms with Crippen LogP contribution >= 0.6 is 23.4 Å². The Balaban J connectivity index is 1.76. The predicted octanol–water partition coefficient (Wildman–Crippen LogP) is 3.54. The molecule has 0 fully saturated rings. The number of benzene rings is 2. The number of carbonyl (C=O) groups is 2. The molecule has 0 saturated heterocycles. The molecule has 31 heavy (non-hydrogen) atoms. The number of rotatable bonds is 8. The molecule has 1 heterocycles. The van der Waals surface area contributed by atoms with Gasteiger partial charge >= 0.3 is 0 Å². The van der Waals surface area contributed by atoms with Crippen LogP contribution in [-0.2, 0) is 17.1 Å². The first kappa shape index (κ1) is 22.5. The lowest BCUT2D eigenvalue weighted by Gasteiger charge is -2.15. The van der Waals surface area contributed by atoms with Crippen LogP contribution in [0.3, 0.4) is 0 Å². The van der Waals surface area contributed by atoms with Gasteiger partial charge in [0.2, 0.25) is 17.2 Å². The van der Waals surface area contributed by atoms with Crippen LogP contribution in [0.1, 0.15) is 16.1 Å². The van der Waals surface area contributed by atoms with E-state index < -0.39 is 5.91 Å². The number of nitrogens with zero attached hydrogens (tertiary/aromatic N) is 1. The fourth-order valence-electron chi connectivity index (χ4n) is 2.78. The molecule has 2 amide bonds. The summed E-state index contributed by atoms with van der Waals surface area (Å²) in [6, 6.07) is 15.1. The van der Waals surface area contributed by atoms with Gasteiger partial charge in [-0.1, -0.05) is 11.6 Å². The Kier molecular flexibility index (Phi) is 7.38. The number of carbonyl (C=O) groups excluding carboxylic acids is 2. The number of nitrogens with two attached hydrogens (primary N) is 1. The molecule has 0 aliphatic rings. The summed E-state index contributed by atoms with van der Waals surface area (Å²) < 4.78 is 6.80. The van der Waals surface area contributed by atoms with E-state index in [1.807, 2.05) is 12.1 Å². The molecule has 0 aliphatic carbocycles. The number of hydrogen-bond acceptors (Lipinski definition) is 5. The lowest BCUT2D eigenvalue weighted by molar-refractivity contribution is -0.116. The summed E-state index contributed by atoms with van der Waals surface area (Å²) in [5, 5.41) is 3.41. The SMILES string of the molecule is COc1cn(CC(=O)Nc2ccc(C(N)=O)cc2)c(CSc2ccc(Cl)cc2)cc1=O. The van der Waals surface area contributed by atoms with Crippen molar-refractivity contribution in [1.82, 2.24) is 4.57 Å². The summed E-state index contributed by atoms with van der Waals surface area (Å²) >= 11 is 7.44. The number of aromatic nitrogens is 1. The van der Waals surface area contributed by atoms with Gasteiger partial charge in [-0.3, -0.25) is 14.4 Å². The average Bonchev–Trinajstić information content (AvgIpc) is 2.75. The normalized spacial score (nSPS) is 10.5. The third-order valence-corrected chi connectivity index (χ3v) is 5.67. The highest BCUT2D eigenvalue weighted by molar-refractivity contribution is 7.98. The Morgan fingerprint density at radius 1 is 1.13 bits per heavy atom. The highest BCUT2D eigenvalue weighted by Crippen LogP contribution is 2.24. The maximum absolute atomic E-state index is 12.6. The third kappa shape index (κ3) is 6.13. The Labute approximate surface area is 188 Å². The van der Waals surface area contributed by atoms with Gasteiger partial charge in [-0.2, -0.15) is 0 Å². The third-order valence-electron chi connectivity index (χ3n) is 4.37. The second kappa shape index (κ2) is 10.2. The quantitative estimate of drug-likeness (QED) is 0.503.